The Kier molecular flexibility index (Phi) is 5.62. The summed E-state index contributed by atoms with van der Waals surface area (Å²) < 4.78 is 40.3. The van der Waals surface area contributed by atoms with Crippen LogP contribution in [-0.4, -0.2) is 28.3 Å². The lowest BCUT2D eigenvalue weighted by molar-refractivity contribution is -0.274. The molecule has 1 aromatic carbocycles. The molecule has 10 heteroatoms. The number of amides is 1. The second-order valence-corrected chi connectivity index (χ2v) is 6.22. The molecule has 0 aliphatic rings. The molecular weight excluding hydrogens is 361 g/mol. The Bertz CT molecular complexity index is 759. The zero-order valence-corrected chi connectivity index (χ0v) is 13.6. The number of carbonyl (C=O) groups is 2. The van der Waals surface area contributed by atoms with E-state index >= 15 is 0 Å². The van der Waals surface area contributed by atoms with E-state index in [1.165, 1.54) is 18.3 Å². The summed E-state index contributed by atoms with van der Waals surface area (Å²) in [6, 6.07) is 3.74. The van der Waals surface area contributed by atoms with Gasteiger partial charge in [0, 0.05) is 0 Å². The summed E-state index contributed by atoms with van der Waals surface area (Å²) in [6.07, 6.45) is -3.88. The second kappa shape index (κ2) is 7.51. The average molecular weight is 374 g/mol. The molecule has 1 amide bonds. The highest BCUT2D eigenvalue weighted by atomic mass is 32.1. The van der Waals surface area contributed by atoms with Crippen molar-refractivity contribution in [2.24, 2.45) is 0 Å². The van der Waals surface area contributed by atoms with Crippen LogP contribution in [0.1, 0.15) is 32.7 Å². The first-order valence-corrected chi connectivity index (χ1v) is 7.76. The molecule has 0 radical (unpaired) electrons. The molecule has 2 aromatic rings. The Morgan fingerprint density at radius 3 is 2.44 bits per heavy atom. The van der Waals surface area contributed by atoms with E-state index in [0.717, 1.165) is 23.5 Å². The van der Waals surface area contributed by atoms with Crippen molar-refractivity contribution in [1.29, 1.82) is 0 Å². The minimum Gasteiger partial charge on any atom is -0.481 e. The van der Waals surface area contributed by atoms with Gasteiger partial charge in [-0.25, -0.2) is 4.98 Å². The molecule has 1 atom stereocenters. The van der Waals surface area contributed by atoms with E-state index in [0.29, 0.717) is 15.4 Å². The maximum Gasteiger partial charge on any atom is 0.573 e. The first-order valence-electron chi connectivity index (χ1n) is 6.95. The fourth-order valence-electron chi connectivity index (χ4n) is 2.02. The van der Waals surface area contributed by atoms with Crippen molar-refractivity contribution >= 4 is 23.2 Å². The number of carboxylic acid groups (broad SMARTS) is 1. The van der Waals surface area contributed by atoms with Gasteiger partial charge in [-0.05, 0) is 24.6 Å². The highest BCUT2D eigenvalue weighted by Crippen LogP contribution is 2.26. The molecule has 25 heavy (non-hydrogen) atoms. The van der Waals surface area contributed by atoms with E-state index in [1.807, 2.05) is 0 Å². The standard InChI is InChI=1S/C15H13F3N2O4S/c1-8-19-7-12(25-8)14(23)20-11(6-13(21)22)9-2-4-10(5-3-9)24-15(16,17)18/h2-5,7,11H,6H2,1H3,(H,20,23)(H,21,22). The summed E-state index contributed by atoms with van der Waals surface area (Å²) in [5, 5.41) is 12.2. The molecule has 2 rings (SSSR count). The van der Waals surface area contributed by atoms with Crippen molar-refractivity contribution < 1.29 is 32.6 Å². The Hall–Kier alpha value is -2.62. The van der Waals surface area contributed by atoms with Crippen LogP contribution < -0.4 is 10.1 Å². The van der Waals surface area contributed by atoms with Crippen LogP contribution in [0.2, 0.25) is 0 Å². The smallest absolute Gasteiger partial charge is 0.481 e. The third-order valence-corrected chi connectivity index (χ3v) is 3.96. The Labute approximate surface area is 144 Å². The number of alkyl halides is 3. The number of ether oxygens (including phenoxy) is 1. The number of halogens is 3. The number of thiazole rings is 1. The number of aryl methyl sites for hydroxylation is 1. The van der Waals surface area contributed by atoms with Crippen LogP contribution in [0.5, 0.6) is 5.75 Å². The predicted molar refractivity (Wildman–Crippen MR) is 82.4 cm³/mol. The topological polar surface area (TPSA) is 88.5 Å². The summed E-state index contributed by atoms with van der Waals surface area (Å²) in [5.41, 5.74) is 0.339. The van der Waals surface area contributed by atoms with Crippen molar-refractivity contribution in [3.05, 3.63) is 45.9 Å². The number of hydrogen-bond acceptors (Lipinski definition) is 5. The summed E-state index contributed by atoms with van der Waals surface area (Å²) in [4.78, 5) is 27.4. The molecule has 0 aliphatic carbocycles. The molecule has 0 fully saturated rings. The molecule has 6 nitrogen and oxygen atoms in total. The van der Waals surface area contributed by atoms with Crippen LogP contribution in [0.25, 0.3) is 0 Å². The molecule has 2 N–H and O–H groups in total. The van der Waals surface area contributed by atoms with Crippen molar-refractivity contribution in [3.63, 3.8) is 0 Å². The molecule has 0 spiro atoms. The lowest BCUT2D eigenvalue weighted by Crippen LogP contribution is -2.29. The van der Waals surface area contributed by atoms with Crippen molar-refractivity contribution in [2.45, 2.75) is 25.7 Å². The van der Waals surface area contributed by atoms with Gasteiger partial charge in [0.25, 0.3) is 5.91 Å². The SMILES string of the molecule is Cc1ncc(C(=O)NC(CC(=O)O)c2ccc(OC(F)(F)F)cc2)s1. The maximum atomic E-state index is 12.2. The van der Waals surface area contributed by atoms with Crippen LogP contribution in [-0.2, 0) is 4.79 Å². The number of carboxylic acids is 1. The molecule has 1 aromatic heterocycles. The molecule has 0 aliphatic heterocycles. The van der Waals surface area contributed by atoms with Gasteiger partial charge in [0.2, 0.25) is 0 Å². The maximum absolute atomic E-state index is 12.2. The summed E-state index contributed by atoms with van der Waals surface area (Å²) >= 11 is 1.15. The minimum atomic E-state index is -4.82. The van der Waals surface area contributed by atoms with Gasteiger partial charge in [0.15, 0.2) is 0 Å². The van der Waals surface area contributed by atoms with Gasteiger partial charge in [-0.2, -0.15) is 0 Å². The van der Waals surface area contributed by atoms with Gasteiger partial charge in [-0.1, -0.05) is 12.1 Å². The fourth-order valence-corrected chi connectivity index (χ4v) is 2.71. The van der Waals surface area contributed by atoms with E-state index in [9.17, 15) is 22.8 Å². The quantitative estimate of drug-likeness (QED) is 0.810. The third kappa shape index (κ3) is 5.75. The molecule has 134 valence electrons. The number of aliphatic carboxylic acids is 1. The molecular formula is C15H13F3N2O4S. The zero-order valence-electron chi connectivity index (χ0n) is 12.8. The van der Waals surface area contributed by atoms with Crippen LogP contribution in [0.3, 0.4) is 0 Å². The molecule has 1 unspecified atom stereocenters. The van der Waals surface area contributed by atoms with Gasteiger partial charge in [0.1, 0.15) is 10.6 Å². The predicted octanol–water partition coefficient (Wildman–Crippen LogP) is 3.30. The highest BCUT2D eigenvalue weighted by molar-refractivity contribution is 7.13. The van der Waals surface area contributed by atoms with Gasteiger partial charge in [-0.3, -0.25) is 9.59 Å². The number of nitrogens with one attached hydrogen (secondary N) is 1. The lowest BCUT2D eigenvalue weighted by Gasteiger charge is -2.17. The number of benzene rings is 1. The van der Waals surface area contributed by atoms with Crippen molar-refractivity contribution in [2.75, 3.05) is 0 Å². The monoisotopic (exact) mass is 374 g/mol. The zero-order chi connectivity index (χ0) is 18.6. The fraction of sp³-hybridized carbons (Fsp3) is 0.267. The van der Waals surface area contributed by atoms with Crippen molar-refractivity contribution in [3.8, 4) is 5.75 Å². The van der Waals surface area contributed by atoms with Crippen molar-refractivity contribution in [1.82, 2.24) is 10.3 Å². The Balaban J connectivity index is 2.16. The molecule has 0 saturated carbocycles. The van der Waals surface area contributed by atoms with Gasteiger partial charge >= 0.3 is 12.3 Å². The number of carbonyl (C=O) groups excluding carboxylic acids is 1. The first-order chi connectivity index (χ1) is 11.6. The molecule has 1 heterocycles. The van der Waals surface area contributed by atoms with E-state index in [1.54, 1.807) is 6.92 Å². The third-order valence-electron chi connectivity index (χ3n) is 3.05. The normalized spacial score (nSPS) is 12.5. The highest BCUT2D eigenvalue weighted by Gasteiger charge is 2.31. The first kappa shape index (κ1) is 18.7. The molecule has 0 saturated heterocycles. The summed E-state index contributed by atoms with van der Waals surface area (Å²) in [6.45, 7) is 1.72. The second-order valence-electron chi connectivity index (χ2n) is 4.98. The summed E-state index contributed by atoms with van der Waals surface area (Å²) in [7, 11) is 0. The number of nitrogens with zero attached hydrogens (tertiary/aromatic N) is 1. The minimum absolute atomic E-state index is 0.310. The number of hydrogen-bond donors (Lipinski definition) is 2. The van der Waals surface area contributed by atoms with E-state index in [4.69, 9.17) is 5.11 Å². The lowest BCUT2D eigenvalue weighted by atomic mass is 10.0. The van der Waals surface area contributed by atoms with Crippen LogP contribution in [0.15, 0.2) is 30.5 Å². The largest absolute Gasteiger partial charge is 0.573 e. The number of rotatable bonds is 6. The van der Waals surface area contributed by atoms with Crippen LogP contribution in [0.4, 0.5) is 13.2 Å². The van der Waals surface area contributed by atoms with E-state index < -0.39 is 36.5 Å². The number of aromatic nitrogens is 1. The van der Waals surface area contributed by atoms with Crippen LogP contribution in [0, 0.1) is 6.92 Å². The van der Waals surface area contributed by atoms with E-state index in [2.05, 4.69) is 15.0 Å². The van der Waals surface area contributed by atoms with Gasteiger partial charge in [0.05, 0.1) is 23.7 Å². The van der Waals surface area contributed by atoms with Crippen LogP contribution >= 0.6 is 11.3 Å². The molecule has 0 bridgehead atoms. The van der Waals surface area contributed by atoms with Gasteiger partial charge in [-0.15, -0.1) is 24.5 Å². The van der Waals surface area contributed by atoms with Gasteiger partial charge < -0.3 is 15.2 Å². The summed E-state index contributed by atoms with van der Waals surface area (Å²) in [5.74, 6) is -2.11. The Morgan fingerprint density at radius 1 is 1.32 bits per heavy atom. The van der Waals surface area contributed by atoms with E-state index in [-0.39, 0.29) is 0 Å². The Morgan fingerprint density at radius 2 is 1.96 bits per heavy atom. The average Bonchev–Trinajstić information content (AvgIpc) is 2.92.